The molecule has 0 spiro atoms. The SMILES string of the molecule is COc1cc([N+](=O)[O-])ccc1NC(=S)NC(=O)c1ccccc1. The number of nitro benzene ring substituents is 1. The van der Waals surface area contributed by atoms with Crippen molar-refractivity contribution in [2.45, 2.75) is 0 Å². The van der Waals surface area contributed by atoms with E-state index in [9.17, 15) is 14.9 Å². The van der Waals surface area contributed by atoms with Crippen LogP contribution in [0.1, 0.15) is 10.4 Å². The molecule has 0 fully saturated rings. The first-order valence-electron chi connectivity index (χ1n) is 6.51. The third-order valence-electron chi connectivity index (χ3n) is 2.91. The largest absolute Gasteiger partial charge is 0.494 e. The molecule has 0 aliphatic rings. The van der Waals surface area contributed by atoms with Crippen LogP contribution in [0.3, 0.4) is 0 Å². The molecule has 118 valence electrons. The highest BCUT2D eigenvalue weighted by atomic mass is 32.1. The molecule has 1 amide bonds. The first-order valence-corrected chi connectivity index (χ1v) is 6.92. The molecule has 0 aromatic heterocycles. The van der Waals surface area contributed by atoms with Gasteiger partial charge in [0.2, 0.25) is 0 Å². The average Bonchev–Trinajstić information content (AvgIpc) is 2.55. The van der Waals surface area contributed by atoms with Crippen molar-refractivity contribution in [2.24, 2.45) is 0 Å². The lowest BCUT2D eigenvalue weighted by molar-refractivity contribution is -0.384. The summed E-state index contributed by atoms with van der Waals surface area (Å²) < 4.78 is 5.09. The number of non-ortho nitro benzene ring substituents is 1. The van der Waals surface area contributed by atoms with Gasteiger partial charge in [0.15, 0.2) is 5.11 Å². The van der Waals surface area contributed by atoms with E-state index in [0.29, 0.717) is 11.3 Å². The van der Waals surface area contributed by atoms with Crippen LogP contribution in [0.2, 0.25) is 0 Å². The Labute approximate surface area is 137 Å². The zero-order valence-corrected chi connectivity index (χ0v) is 12.9. The lowest BCUT2D eigenvalue weighted by Gasteiger charge is -2.12. The second-order valence-electron chi connectivity index (χ2n) is 4.42. The standard InChI is InChI=1S/C15H13N3O4S/c1-22-13-9-11(18(20)21)7-8-12(13)16-15(23)17-14(19)10-5-3-2-4-6-10/h2-9H,1H3,(H2,16,17,19,23). The third kappa shape index (κ3) is 4.24. The van der Waals surface area contributed by atoms with Crippen LogP contribution in [0.4, 0.5) is 11.4 Å². The summed E-state index contributed by atoms with van der Waals surface area (Å²) in [7, 11) is 1.38. The number of ether oxygens (including phenoxy) is 1. The second kappa shape index (κ2) is 7.32. The molecule has 2 rings (SSSR count). The molecule has 0 unspecified atom stereocenters. The Morgan fingerprint density at radius 1 is 1.22 bits per heavy atom. The first-order chi connectivity index (χ1) is 11.0. The van der Waals surface area contributed by atoms with Gasteiger partial charge in [0, 0.05) is 11.6 Å². The zero-order valence-electron chi connectivity index (χ0n) is 12.1. The van der Waals surface area contributed by atoms with Crippen molar-refractivity contribution in [3.8, 4) is 5.75 Å². The normalized spacial score (nSPS) is 9.78. The van der Waals surface area contributed by atoms with Crippen molar-refractivity contribution in [1.82, 2.24) is 5.32 Å². The summed E-state index contributed by atoms with van der Waals surface area (Å²) in [5, 5.41) is 16.1. The zero-order chi connectivity index (χ0) is 16.8. The summed E-state index contributed by atoms with van der Waals surface area (Å²) in [5.41, 5.74) is 0.774. The molecule has 0 atom stereocenters. The van der Waals surface area contributed by atoms with Gasteiger partial charge < -0.3 is 10.1 Å². The minimum atomic E-state index is -0.526. The molecule has 8 heteroatoms. The highest BCUT2D eigenvalue weighted by molar-refractivity contribution is 7.80. The topological polar surface area (TPSA) is 93.5 Å². The number of methoxy groups -OCH3 is 1. The Hall–Kier alpha value is -3.00. The fourth-order valence-electron chi connectivity index (χ4n) is 1.82. The van der Waals surface area contributed by atoms with Crippen molar-refractivity contribution >= 4 is 34.6 Å². The molecule has 0 aliphatic carbocycles. The summed E-state index contributed by atoms with van der Waals surface area (Å²) in [6.07, 6.45) is 0. The monoisotopic (exact) mass is 331 g/mol. The molecular formula is C15H13N3O4S. The van der Waals surface area contributed by atoms with Crippen LogP contribution >= 0.6 is 12.2 Å². The Bertz CT molecular complexity index is 750. The maximum Gasteiger partial charge on any atom is 0.273 e. The summed E-state index contributed by atoms with van der Waals surface area (Å²) in [6, 6.07) is 12.6. The number of benzene rings is 2. The lowest BCUT2D eigenvalue weighted by Crippen LogP contribution is -2.34. The van der Waals surface area contributed by atoms with E-state index in [1.54, 1.807) is 30.3 Å². The van der Waals surface area contributed by atoms with Crippen LogP contribution in [-0.2, 0) is 0 Å². The molecule has 0 saturated carbocycles. The van der Waals surface area contributed by atoms with Crippen molar-refractivity contribution < 1.29 is 14.5 Å². The maximum atomic E-state index is 12.0. The number of nitro groups is 1. The molecular weight excluding hydrogens is 318 g/mol. The molecule has 23 heavy (non-hydrogen) atoms. The summed E-state index contributed by atoms with van der Waals surface area (Å²) in [6.45, 7) is 0. The van der Waals surface area contributed by atoms with E-state index in [1.807, 2.05) is 0 Å². The van der Waals surface area contributed by atoms with Gasteiger partial charge in [-0.25, -0.2) is 0 Å². The van der Waals surface area contributed by atoms with Gasteiger partial charge in [-0.2, -0.15) is 0 Å². The fraction of sp³-hybridized carbons (Fsp3) is 0.0667. The van der Waals surface area contributed by atoms with Crippen LogP contribution in [0.25, 0.3) is 0 Å². The van der Waals surface area contributed by atoms with E-state index in [2.05, 4.69) is 10.6 Å². The summed E-state index contributed by atoms with van der Waals surface area (Å²) in [4.78, 5) is 22.2. The van der Waals surface area contributed by atoms with Gasteiger partial charge in [-0.15, -0.1) is 0 Å². The molecule has 0 heterocycles. The number of rotatable bonds is 4. The van der Waals surface area contributed by atoms with E-state index in [-0.39, 0.29) is 22.5 Å². The Balaban J connectivity index is 2.08. The predicted octanol–water partition coefficient (Wildman–Crippen LogP) is 2.73. The second-order valence-corrected chi connectivity index (χ2v) is 4.82. The highest BCUT2D eigenvalue weighted by Gasteiger charge is 2.13. The van der Waals surface area contributed by atoms with Crippen LogP contribution in [0.5, 0.6) is 5.75 Å². The van der Waals surface area contributed by atoms with E-state index >= 15 is 0 Å². The number of amides is 1. The van der Waals surface area contributed by atoms with E-state index in [1.165, 1.54) is 25.3 Å². The number of thiocarbonyl (C=S) groups is 1. The van der Waals surface area contributed by atoms with E-state index in [4.69, 9.17) is 17.0 Å². The van der Waals surface area contributed by atoms with Gasteiger partial charge in [-0.05, 0) is 30.4 Å². The number of hydrogen-bond acceptors (Lipinski definition) is 5. The van der Waals surface area contributed by atoms with Crippen molar-refractivity contribution in [3.63, 3.8) is 0 Å². The van der Waals surface area contributed by atoms with Gasteiger partial charge in [-0.1, -0.05) is 18.2 Å². The smallest absolute Gasteiger partial charge is 0.273 e. The van der Waals surface area contributed by atoms with Crippen LogP contribution in [-0.4, -0.2) is 23.1 Å². The minimum absolute atomic E-state index is 0.0611. The number of carbonyl (C=O) groups excluding carboxylic acids is 1. The highest BCUT2D eigenvalue weighted by Crippen LogP contribution is 2.28. The molecule has 7 nitrogen and oxygen atoms in total. The first kappa shape index (κ1) is 16.4. The summed E-state index contributed by atoms with van der Waals surface area (Å²) in [5.74, 6) is -0.112. The molecule has 0 saturated heterocycles. The molecule has 0 bridgehead atoms. The van der Waals surface area contributed by atoms with Crippen LogP contribution < -0.4 is 15.4 Å². The van der Waals surface area contributed by atoms with Crippen LogP contribution in [0.15, 0.2) is 48.5 Å². The average molecular weight is 331 g/mol. The number of carbonyl (C=O) groups is 1. The Kier molecular flexibility index (Phi) is 5.21. The molecule has 2 N–H and O–H groups in total. The van der Waals surface area contributed by atoms with Gasteiger partial charge in [0.05, 0.1) is 23.8 Å². The van der Waals surface area contributed by atoms with Gasteiger partial charge in [0.25, 0.3) is 11.6 Å². The van der Waals surface area contributed by atoms with Gasteiger partial charge in [0.1, 0.15) is 5.75 Å². The molecule has 2 aromatic carbocycles. The van der Waals surface area contributed by atoms with Crippen LogP contribution in [0, 0.1) is 10.1 Å². The molecule has 0 aliphatic heterocycles. The maximum absolute atomic E-state index is 12.0. The Morgan fingerprint density at radius 2 is 1.91 bits per heavy atom. The lowest BCUT2D eigenvalue weighted by atomic mass is 10.2. The van der Waals surface area contributed by atoms with Crippen molar-refractivity contribution in [1.29, 1.82) is 0 Å². The molecule has 0 radical (unpaired) electrons. The minimum Gasteiger partial charge on any atom is -0.494 e. The molecule has 2 aromatic rings. The van der Waals surface area contributed by atoms with E-state index in [0.717, 1.165) is 0 Å². The van der Waals surface area contributed by atoms with Gasteiger partial charge >= 0.3 is 0 Å². The van der Waals surface area contributed by atoms with Crippen molar-refractivity contribution in [2.75, 3.05) is 12.4 Å². The number of nitrogens with zero attached hydrogens (tertiary/aromatic N) is 1. The van der Waals surface area contributed by atoms with E-state index < -0.39 is 4.92 Å². The number of anilines is 1. The quantitative estimate of drug-likeness (QED) is 0.508. The summed E-state index contributed by atoms with van der Waals surface area (Å²) >= 11 is 5.07. The van der Waals surface area contributed by atoms with Crippen molar-refractivity contribution in [3.05, 3.63) is 64.2 Å². The number of nitrogens with one attached hydrogen (secondary N) is 2. The van der Waals surface area contributed by atoms with Gasteiger partial charge in [-0.3, -0.25) is 20.2 Å². The number of hydrogen-bond donors (Lipinski definition) is 2. The third-order valence-corrected chi connectivity index (χ3v) is 3.11. The predicted molar refractivity (Wildman–Crippen MR) is 89.8 cm³/mol. The fourth-order valence-corrected chi connectivity index (χ4v) is 2.02. The Morgan fingerprint density at radius 3 is 2.52 bits per heavy atom.